The molecule has 138 valence electrons. The largest absolute Gasteiger partial charge is 0.356 e. The third kappa shape index (κ3) is 7.09. The standard InChI is InChI=1S/C22H28N2O2/c1-18(25)23-16-10-4-9-15-22(26)24-17-21(19-11-5-2-6-12-19)20-13-7-3-8-14-20/h2-3,5-8,11-14,21H,4,9-10,15-17H2,1H3,(H,23,25)(H,24,26). The molecule has 0 aliphatic rings. The van der Waals surface area contributed by atoms with Gasteiger partial charge in [-0.3, -0.25) is 9.59 Å². The van der Waals surface area contributed by atoms with Crippen LogP contribution in [0.1, 0.15) is 49.7 Å². The molecule has 0 atom stereocenters. The maximum Gasteiger partial charge on any atom is 0.220 e. The Kier molecular flexibility index (Phi) is 8.40. The summed E-state index contributed by atoms with van der Waals surface area (Å²) in [7, 11) is 0. The molecule has 0 saturated heterocycles. The van der Waals surface area contributed by atoms with E-state index >= 15 is 0 Å². The van der Waals surface area contributed by atoms with Gasteiger partial charge in [0.1, 0.15) is 0 Å². The van der Waals surface area contributed by atoms with Gasteiger partial charge in [-0.05, 0) is 24.0 Å². The molecule has 0 saturated carbocycles. The van der Waals surface area contributed by atoms with E-state index in [-0.39, 0.29) is 17.7 Å². The van der Waals surface area contributed by atoms with E-state index in [0.29, 0.717) is 19.5 Å². The Hall–Kier alpha value is -2.62. The van der Waals surface area contributed by atoms with Crippen LogP contribution in [0.3, 0.4) is 0 Å². The third-order valence-electron chi connectivity index (χ3n) is 4.36. The highest BCUT2D eigenvalue weighted by Gasteiger charge is 2.14. The first-order valence-corrected chi connectivity index (χ1v) is 9.28. The summed E-state index contributed by atoms with van der Waals surface area (Å²) in [5, 5.41) is 5.85. The van der Waals surface area contributed by atoms with Crippen molar-refractivity contribution in [1.82, 2.24) is 10.6 Å². The van der Waals surface area contributed by atoms with Crippen molar-refractivity contribution in [2.24, 2.45) is 0 Å². The molecule has 0 bridgehead atoms. The number of rotatable bonds is 10. The second-order valence-electron chi connectivity index (χ2n) is 6.47. The summed E-state index contributed by atoms with van der Waals surface area (Å²) in [4.78, 5) is 23.0. The minimum Gasteiger partial charge on any atom is -0.356 e. The number of benzene rings is 2. The fourth-order valence-electron chi connectivity index (χ4n) is 2.95. The lowest BCUT2D eigenvalue weighted by molar-refractivity contribution is -0.121. The third-order valence-corrected chi connectivity index (χ3v) is 4.36. The van der Waals surface area contributed by atoms with Gasteiger partial charge in [0.2, 0.25) is 11.8 Å². The van der Waals surface area contributed by atoms with Crippen LogP contribution in [0, 0.1) is 0 Å². The van der Waals surface area contributed by atoms with E-state index in [1.165, 1.54) is 18.1 Å². The highest BCUT2D eigenvalue weighted by atomic mass is 16.2. The summed E-state index contributed by atoms with van der Waals surface area (Å²) in [5.41, 5.74) is 2.41. The van der Waals surface area contributed by atoms with Crippen molar-refractivity contribution < 1.29 is 9.59 Å². The second kappa shape index (κ2) is 11.1. The lowest BCUT2D eigenvalue weighted by Crippen LogP contribution is -2.28. The topological polar surface area (TPSA) is 58.2 Å². The number of carbonyl (C=O) groups is 2. The summed E-state index contributed by atoms with van der Waals surface area (Å²) in [6.07, 6.45) is 3.21. The Morgan fingerprint density at radius 3 is 1.92 bits per heavy atom. The number of carbonyl (C=O) groups excluding carboxylic acids is 2. The van der Waals surface area contributed by atoms with Gasteiger partial charge in [0.25, 0.3) is 0 Å². The Bertz CT molecular complexity index is 632. The molecule has 0 radical (unpaired) electrons. The van der Waals surface area contributed by atoms with Gasteiger partial charge < -0.3 is 10.6 Å². The average molecular weight is 352 g/mol. The van der Waals surface area contributed by atoms with Gasteiger partial charge in [-0.1, -0.05) is 67.1 Å². The molecule has 0 heterocycles. The molecule has 0 unspecified atom stereocenters. The van der Waals surface area contributed by atoms with Crippen molar-refractivity contribution in [3.63, 3.8) is 0 Å². The molecule has 0 spiro atoms. The molecule has 2 amide bonds. The highest BCUT2D eigenvalue weighted by Crippen LogP contribution is 2.23. The van der Waals surface area contributed by atoms with E-state index < -0.39 is 0 Å². The molecule has 0 fully saturated rings. The molecule has 0 aliphatic heterocycles. The summed E-state index contributed by atoms with van der Waals surface area (Å²) in [6.45, 7) is 2.79. The number of hydrogen-bond acceptors (Lipinski definition) is 2. The van der Waals surface area contributed by atoms with Gasteiger partial charge in [0.15, 0.2) is 0 Å². The highest BCUT2D eigenvalue weighted by molar-refractivity contribution is 5.76. The zero-order valence-electron chi connectivity index (χ0n) is 15.4. The monoisotopic (exact) mass is 352 g/mol. The molecule has 2 aromatic carbocycles. The van der Waals surface area contributed by atoms with Crippen molar-refractivity contribution >= 4 is 11.8 Å². The molecule has 2 rings (SSSR count). The minimum atomic E-state index is -0.00407. The van der Waals surface area contributed by atoms with E-state index in [1.807, 2.05) is 36.4 Å². The minimum absolute atomic E-state index is 0.00407. The zero-order chi connectivity index (χ0) is 18.6. The lowest BCUT2D eigenvalue weighted by Gasteiger charge is -2.19. The number of nitrogens with one attached hydrogen (secondary N) is 2. The van der Waals surface area contributed by atoms with Crippen LogP contribution in [0.15, 0.2) is 60.7 Å². The van der Waals surface area contributed by atoms with Crippen LogP contribution in [0.5, 0.6) is 0 Å². The Labute approximate surface area is 156 Å². The number of amides is 2. The van der Waals surface area contributed by atoms with Crippen molar-refractivity contribution in [2.75, 3.05) is 13.1 Å². The van der Waals surface area contributed by atoms with Crippen LogP contribution >= 0.6 is 0 Å². The molecular weight excluding hydrogens is 324 g/mol. The first-order valence-electron chi connectivity index (χ1n) is 9.28. The van der Waals surface area contributed by atoms with Gasteiger partial charge in [-0.25, -0.2) is 0 Å². The van der Waals surface area contributed by atoms with Crippen molar-refractivity contribution in [3.8, 4) is 0 Å². The Balaban J connectivity index is 1.80. The van der Waals surface area contributed by atoms with Crippen molar-refractivity contribution in [1.29, 1.82) is 0 Å². The molecule has 4 heteroatoms. The van der Waals surface area contributed by atoms with Gasteiger partial charge in [0.05, 0.1) is 0 Å². The molecule has 0 aromatic heterocycles. The zero-order valence-corrected chi connectivity index (χ0v) is 15.4. The lowest BCUT2D eigenvalue weighted by atomic mass is 9.91. The van der Waals surface area contributed by atoms with E-state index in [4.69, 9.17) is 0 Å². The van der Waals surface area contributed by atoms with E-state index in [2.05, 4.69) is 34.9 Å². The summed E-state index contributed by atoms with van der Waals surface area (Å²) < 4.78 is 0. The fraction of sp³-hybridized carbons (Fsp3) is 0.364. The van der Waals surface area contributed by atoms with Crippen LogP contribution in [-0.2, 0) is 9.59 Å². The van der Waals surface area contributed by atoms with Crippen molar-refractivity contribution in [2.45, 2.75) is 38.5 Å². The predicted molar refractivity (Wildman–Crippen MR) is 105 cm³/mol. The summed E-state index contributed by atoms with van der Waals surface area (Å²) in [5.74, 6) is 0.234. The van der Waals surface area contributed by atoms with Gasteiger partial charge in [-0.2, -0.15) is 0 Å². The van der Waals surface area contributed by atoms with Gasteiger partial charge in [-0.15, -0.1) is 0 Å². The van der Waals surface area contributed by atoms with E-state index in [9.17, 15) is 9.59 Å². The van der Waals surface area contributed by atoms with Crippen LogP contribution in [-0.4, -0.2) is 24.9 Å². The molecule has 0 aliphatic carbocycles. The first kappa shape index (κ1) is 19.7. The molecule has 26 heavy (non-hydrogen) atoms. The van der Waals surface area contributed by atoms with Crippen molar-refractivity contribution in [3.05, 3.63) is 71.8 Å². The SMILES string of the molecule is CC(=O)NCCCCCC(=O)NCC(c1ccccc1)c1ccccc1. The number of hydrogen-bond donors (Lipinski definition) is 2. The number of unbranched alkanes of at least 4 members (excludes halogenated alkanes) is 2. The van der Waals surface area contributed by atoms with Crippen LogP contribution < -0.4 is 10.6 Å². The average Bonchev–Trinajstić information content (AvgIpc) is 2.66. The fourth-order valence-corrected chi connectivity index (χ4v) is 2.95. The molecule has 4 nitrogen and oxygen atoms in total. The molecule has 2 aromatic rings. The normalized spacial score (nSPS) is 10.5. The van der Waals surface area contributed by atoms with E-state index in [0.717, 1.165) is 19.3 Å². The van der Waals surface area contributed by atoms with Gasteiger partial charge >= 0.3 is 0 Å². The Morgan fingerprint density at radius 1 is 0.808 bits per heavy atom. The first-order chi connectivity index (χ1) is 12.7. The maximum absolute atomic E-state index is 12.2. The predicted octanol–water partition coefficient (Wildman–Crippen LogP) is 3.63. The maximum atomic E-state index is 12.2. The van der Waals surface area contributed by atoms with Crippen LogP contribution in [0.25, 0.3) is 0 Å². The van der Waals surface area contributed by atoms with Crippen LogP contribution in [0.4, 0.5) is 0 Å². The Morgan fingerprint density at radius 2 is 1.38 bits per heavy atom. The summed E-state index contributed by atoms with van der Waals surface area (Å²) in [6, 6.07) is 20.5. The molecular formula is C22H28N2O2. The van der Waals surface area contributed by atoms with Gasteiger partial charge in [0, 0.05) is 32.4 Å². The molecule has 2 N–H and O–H groups in total. The second-order valence-corrected chi connectivity index (χ2v) is 6.47. The van der Waals surface area contributed by atoms with Crippen LogP contribution in [0.2, 0.25) is 0 Å². The quantitative estimate of drug-likeness (QED) is 0.642. The smallest absolute Gasteiger partial charge is 0.220 e. The van der Waals surface area contributed by atoms with E-state index in [1.54, 1.807) is 0 Å². The summed E-state index contributed by atoms with van der Waals surface area (Å²) >= 11 is 0.